The highest BCUT2D eigenvalue weighted by atomic mass is 19.1. The number of oxazole rings is 1. The number of aromatic nitrogens is 1. The molecule has 2 unspecified atom stereocenters. The lowest BCUT2D eigenvalue weighted by atomic mass is 9.95. The summed E-state index contributed by atoms with van der Waals surface area (Å²) in [5.41, 5.74) is 1.30. The molecule has 1 fully saturated rings. The van der Waals surface area contributed by atoms with Crippen LogP contribution in [-0.2, 0) is 0 Å². The molecule has 0 saturated carbocycles. The van der Waals surface area contributed by atoms with Crippen LogP contribution in [0.2, 0.25) is 0 Å². The first-order valence-electron chi connectivity index (χ1n) is 6.11. The Morgan fingerprint density at radius 2 is 2.29 bits per heavy atom. The number of nitrogens with two attached hydrogens (primary N) is 1. The fourth-order valence-electron chi connectivity index (χ4n) is 2.41. The number of quaternary nitrogens is 1. The molecule has 3 nitrogen and oxygen atoms in total. The largest absolute Gasteiger partial charge is 0.440 e. The first-order chi connectivity index (χ1) is 8.22. The number of hydrogen-bond acceptors (Lipinski definition) is 2. The summed E-state index contributed by atoms with van der Waals surface area (Å²) in [6.07, 6.45) is 2.28. The summed E-state index contributed by atoms with van der Waals surface area (Å²) in [6.45, 7) is 3.24. The summed E-state index contributed by atoms with van der Waals surface area (Å²) in [4.78, 5) is 4.40. The van der Waals surface area contributed by atoms with E-state index >= 15 is 0 Å². The third-order valence-corrected chi connectivity index (χ3v) is 3.51. The van der Waals surface area contributed by atoms with E-state index in [4.69, 9.17) is 4.42 Å². The number of halogens is 1. The van der Waals surface area contributed by atoms with Crippen molar-refractivity contribution >= 4 is 11.1 Å². The van der Waals surface area contributed by atoms with Gasteiger partial charge in [0.15, 0.2) is 5.58 Å². The van der Waals surface area contributed by atoms with E-state index in [2.05, 4.69) is 17.2 Å². The lowest BCUT2D eigenvalue weighted by Crippen LogP contribution is -2.91. The fraction of sp³-hybridized carbons (Fsp3) is 0.462. The minimum absolute atomic E-state index is 0.263. The van der Waals surface area contributed by atoms with Gasteiger partial charge in [-0.25, -0.2) is 9.37 Å². The van der Waals surface area contributed by atoms with Gasteiger partial charge in [0.2, 0.25) is 5.89 Å². The molecule has 1 saturated heterocycles. The van der Waals surface area contributed by atoms with Gasteiger partial charge in [-0.15, -0.1) is 0 Å². The van der Waals surface area contributed by atoms with Crippen molar-refractivity contribution in [3.8, 4) is 0 Å². The van der Waals surface area contributed by atoms with Gasteiger partial charge in [0.05, 0.1) is 18.5 Å². The smallest absolute Gasteiger partial charge is 0.204 e. The predicted molar refractivity (Wildman–Crippen MR) is 62.2 cm³/mol. The molecule has 1 aliphatic rings. The monoisotopic (exact) mass is 235 g/mol. The van der Waals surface area contributed by atoms with Crippen LogP contribution in [0.15, 0.2) is 22.6 Å². The Hall–Kier alpha value is -1.42. The lowest BCUT2D eigenvalue weighted by molar-refractivity contribution is -0.696. The molecule has 0 bridgehead atoms. The average Bonchev–Trinajstić information content (AvgIpc) is 2.72. The molecule has 2 N–H and O–H groups in total. The zero-order chi connectivity index (χ0) is 11.8. The average molecular weight is 235 g/mol. The van der Waals surface area contributed by atoms with Gasteiger partial charge in [0.1, 0.15) is 11.3 Å². The van der Waals surface area contributed by atoms with Crippen LogP contribution in [0.5, 0.6) is 0 Å². The van der Waals surface area contributed by atoms with Crippen molar-refractivity contribution in [2.45, 2.75) is 31.7 Å². The zero-order valence-corrected chi connectivity index (χ0v) is 9.82. The van der Waals surface area contributed by atoms with E-state index in [0.717, 1.165) is 18.9 Å². The number of hydrogen-bond donors (Lipinski definition) is 1. The normalized spacial score (nSPS) is 25.3. The molecule has 0 aliphatic carbocycles. The first kappa shape index (κ1) is 10.7. The van der Waals surface area contributed by atoms with Crippen molar-refractivity contribution in [3.63, 3.8) is 0 Å². The van der Waals surface area contributed by atoms with Gasteiger partial charge in [-0.05, 0) is 31.9 Å². The van der Waals surface area contributed by atoms with Crippen molar-refractivity contribution in [2.75, 3.05) is 6.54 Å². The third-order valence-electron chi connectivity index (χ3n) is 3.51. The van der Waals surface area contributed by atoms with E-state index < -0.39 is 0 Å². The zero-order valence-electron chi connectivity index (χ0n) is 9.82. The van der Waals surface area contributed by atoms with Crippen LogP contribution in [0.4, 0.5) is 4.39 Å². The topological polar surface area (TPSA) is 42.6 Å². The second-order valence-corrected chi connectivity index (χ2v) is 4.89. The molecule has 2 heterocycles. The molecule has 1 aromatic carbocycles. The highest BCUT2D eigenvalue weighted by Gasteiger charge is 2.26. The van der Waals surface area contributed by atoms with Crippen LogP contribution in [0.25, 0.3) is 11.1 Å². The summed E-state index contributed by atoms with van der Waals surface area (Å²) in [6, 6.07) is 5.17. The number of benzene rings is 1. The van der Waals surface area contributed by atoms with E-state index in [1.807, 2.05) is 0 Å². The van der Waals surface area contributed by atoms with Gasteiger partial charge in [0, 0.05) is 6.07 Å². The summed E-state index contributed by atoms with van der Waals surface area (Å²) >= 11 is 0. The molecule has 3 rings (SSSR count). The molecule has 1 aromatic heterocycles. The molecule has 0 radical (unpaired) electrons. The highest BCUT2D eigenvalue weighted by molar-refractivity contribution is 5.72. The molecular formula is C13H16FN2O+. The molecule has 90 valence electrons. The van der Waals surface area contributed by atoms with E-state index in [1.54, 1.807) is 6.07 Å². The van der Waals surface area contributed by atoms with Gasteiger partial charge in [-0.1, -0.05) is 0 Å². The molecule has 0 amide bonds. The Kier molecular flexibility index (Phi) is 2.59. The number of nitrogens with zero attached hydrogens (tertiary/aromatic N) is 1. The van der Waals surface area contributed by atoms with Gasteiger partial charge in [-0.2, -0.15) is 0 Å². The standard InChI is InChI=1S/C13H15FN2O/c1-8-2-3-9(7-15-8)13-16-11-6-10(14)4-5-12(11)17-13/h4-6,8-9,15H,2-3,7H2,1H3/p+1. The lowest BCUT2D eigenvalue weighted by Gasteiger charge is -2.22. The Labute approximate surface area is 99.0 Å². The predicted octanol–water partition coefficient (Wildman–Crippen LogP) is 1.80. The molecular weight excluding hydrogens is 219 g/mol. The molecule has 2 atom stereocenters. The maximum absolute atomic E-state index is 13.1. The van der Waals surface area contributed by atoms with E-state index in [-0.39, 0.29) is 5.82 Å². The number of rotatable bonds is 1. The summed E-state index contributed by atoms with van der Waals surface area (Å²) in [7, 11) is 0. The molecule has 2 aromatic rings. The van der Waals surface area contributed by atoms with E-state index in [1.165, 1.54) is 18.6 Å². The number of fused-ring (bicyclic) bond motifs is 1. The van der Waals surface area contributed by atoms with Gasteiger partial charge < -0.3 is 9.73 Å². The Morgan fingerprint density at radius 3 is 3.06 bits per heavy atom. The minimum atomic E-state index is -0.263. The summed E-state index contributed by atoms with van der Waals surface area (Å²) < 4.78 is 18.8. The summed E-state index contributed by atoms with van der Waals surface area (Å²) in [5, 5.41) is 2.32. The molecule has 17 heavy (non-hydrogen) atoms. The maximum atomic E-state index is 13.1. The third kappa shape index (κ3) is 2.05. The van der Waals surface area contributed by atoms with Crippen LogP contribution < -0.4 is 5.32 Å². The van der Waals surface area contributed by atoms with Crippen molar-refractivity contribution in [1.82, 2.24) is 4.98 Å². The van der Waals surface area contributed by atoms with E-state index in [9.17, 15) is 4.39 Å². The molecule has 0 spiro atoms. The minimum Gasteiger partial charge on any atom is -0.440 e. The van der Waals surface area contributed by atoms with Crippen LogP contribution in [0.1, 0.15) is 31.6 Å². The van der Waals surface area contributed by atoms with Gasteiger partial charge in [-0.3, -0.25) is 0 Å². The van der Waals surface area contributed by atoms with E-state index in [0.29, 0.717) is 23.1 Å². The molecule has 1 aliphatic heterocycles. The quantitative estimate of drug-likeness (QED) is 0.819. The second-order valence-electron chi connectivity index (χ2n) is 4.89. The Morgan fingerprint density at radius 1 is 1.41 bits per heavy atom. The van der Waals surface area contributed by atoms with Gasteiger partial charge in [0.25, 0.3) is 0 Å². The van der Waals surface area contributed by atoms with Crippen molar-refractivity contribution in [1.29, 1.82) is 0 Å². The van der Waals surface area contributed by atoms with Crippen LogP contribution in [-0.4, -0.2) is 17.6 Å². The fourth-order valence-corrected chi connectivity index (χ4v) is 2.41. The Balaban J connectivity index is 1.90. The number of piperidine rings is 1. The SMILES string of the molecule is CC1CCC(c2nc3cc(F)ccc3o2)C[NH2+]1. The summed E-state index contributed by atoms with van der Waals surface area (Å²) in [5.74, 6) is 0.858. The highest BCUT2D eigenvalue weighted by Crippen LogP contribution is 2.26. The van der Waals surface area contributed by atoms with Crippen LogP contribution in [0, 0.1) is 5.82 Å². The van der Waals surface area contributed by atoms with Crippen molar-refractivity contribution in [3.05, 3.63) is 29.9 Å². The van der Waals surface area contributed by atoms with Crippen molar-refractivity contribution < 1.29 is 14.1 Å². The maximum Gasteiger partial charge on any atom is 0.204 e. The second kappa shape index (κ2) is 4.11. The van der Waals surface area contributed by atoms with Crippen LogP contribution >= 0.6 is 0 Å². The first-order valence-corrected chi connectivity index (χ1v) is 6.11. The Bertz CT molecular complexity index is 529. The van der Waals surface area contributed by atoms with Gasteiger partial charge >= 0.3 is 0 Å². The van der Waals surface area contributed by atoms with Crippen LogP contribution in [0.3, 0.4) is 0 Å². The molecule has 4 heteroatoms. The van der Waals surface area contributed by atoms with Crippen molar-refractivity contribution in [2.24, 2.45) is 0 Å².